The molecule has 21 heavy (non-hydrogen) atoms. The number of hydrogen-bond donors (Lipinski definition) is 1. The van der Waals surface area contributed by atoms with E-state index in [2.05, 4.69) is 26.0 Å². The Morgan fingerprint density at radius 1 is 1.33 bits per heavy atom. The molecular formula is C13H11BrF2N4S. The predicted octanol–water partition coefficient (Wildman–Crippen LogP) is 4.25. The van der Waals surface area contributed by atoms with Crippen LogP contribution in [0.4, 0.5) is 8.78 Å². The van der Waals surface area contributed by atoms with Crippen LogP contribution in [0.3, 0.4) is 0 Å². The van der Waals surface area contributed by atoms with E-state index >= 15 is 0 Å². The lowest BCUT2D eigenvalue weighted by Gasteiger charge is -2.08. The van der Waals surface area contributed by atoms with E-state index in [1.807, 2.05) is 13.8 Å². The van der Waals surface area contributed by atoms with Gasteiger partial charge in [-0.05, 0) is 48.1 Å². The van der Waals surface area contributed by atoms with Gasteiger partial charge in [-0.3, -0.25) is 4.57 Å². The lowest BCUT2D eigenvalue weighted by Crippen LogP contribution is -2.05. The molecule has 0 fully saturated rings. The Hall–Kier alpha value is -1.54. The van der Waals surface area contributed by atoms with Gasteiger partial charge in [0.15, 0.2) is 10.4 Å². The number of nitrogens with zero attached hydrogens (tertiary/aromatic N) is 3. The zero-order valence-corrected chi connectivity index (χ0v) is 13.6. The molecule has 8 heteroatoms. The molecule has 3 rings (SSSR count). The fourth-order valence-electron chi connectivity index (χ4n) is 2.33. The molecule has 0 radical (unpaired) electrons. The molecule has 0 amide bonds. The summed E-state index contributed by atoms with van der Waals surface area (Å²) in [5, 5.41) is 4.38. The Labute approximate surface area is 132 Å². The highest BCUT2D eigenvalue weighted by Crippen LogP contribution is 2.27. The monoisotopic (exact) mass is 372 g/mol. The summed E-state index contributed by atoms with van der Waals surface area (Å²) in [6.45, 7) is 4.39. The van der Waals surface area contributed by atoms with Crippen molar-refractivity contribution in [3.63, 3.8) is 0 Å². The van der Waals surface area contributed by atoms with Gasteiger partial charge in [0, 0.05) is 12.6 Å². The van der Waals surface area contributed by atoms with Gasteiger partial charge in [0.05, 0.1) is 15.9 Å². The minimum absolute atomic E-state index is 0.175. The van der Waals surface area contributed by atoms with Crippen molar-refractivity contribution in [2.45, 2.75) is 20.4 Å². The van der Waals surface area contributed by atoms with Crippen LogP contribution < -0.4 is 0 Å². The van der Waals surface area contributed by atoms with Gasteiger partial charge < -0.3 is 4.98 Å². The maximum Gasteiger partial charge on any atom is 0.184 e. The molecule has 110 valence electrons. The van der Waals surface area contributed by atoms with Crippen molar-refractivity contribution in [1.29, 1.82) is 0 Å². The zero-order valence-electron chi connectivity index (χ0n) is 11.2. The minimum Gasteiger partial charge on any atom is -0.327 e. The summed E-state index contributed by atoms with van der Waals surface area (Å²) in [6, 6.07) is 2.20. The van der Waals surface area contributed by atoms with Crippen LogP contribution in [0.1, 0.15) is 12.6 Å². The highest BCUT2D eigenvalue weighted by atomic mass is 79.9. The van der Waals surface area contributed by atoms with Crippen molar-refractivity contribution in [3.05, 3.63) is 38.7 Å². The Kier molecular flexibility index (Phi) is 3.45. The summed E-state index contributed by atoms with van der Waals surface area (Å²) in [4.78, 5) is 3.03. The van der Waals surface area contributed by atoms with Crippen molar-refractivity contribution in [2.75, 3.05) is 0 Å². The molecule has 0 spiro atoms. The number of nitrogens with one attached hydrogen (secondary N) is 1. The molecule has 1 aromatic carbocycles. The van der Waals surface area contributed by atoms with Gasteiger partial charge in [-0.25, -0.2) is 13.5 Å². The highest BCUT2D eigenvalue weighted by Gasteiger charge is 2.18. The molecular weight excluding hydrogens is 362 g/mol. The summed E-state index contributed by atoms with van der Waals surface area (Å²) < 4.78 is 31.4. The van der Waals surface area contributed by atoms with Gasteiger partial charge in [0.2, 0.25) is 0 Å². The van der Waals surface area contributed by atoms with Gasteiger partial charge in [0.1, 0.15) is 17.2 Å². The van der Waals surface area contributed by atoms with Crippen molar-refractivity contribution in [3.8, 4) is 5.69 Å². The fraction of sp³-hybridized carbons (Fsp3) is 0.231. The average molecular weight is 373 g/mol. The summed E-state index contributed by atoms with van der Waals surface area (Å²) in [6.07, 6.45) is 0. The third kappa shape index (κ3) is 2.13. The van der Waals surface area contributed by atoms with Crippen molar-refractivity contribution in [1.82, 2.24) is 19.3 Å². The molecule has 3 aromatic rings. The van der Waals surface area contributed by atoms with Crippen LogP contribution in [0, 0.1) is 23.3 Å². The molecule has 0 atom stereocenters. The minimum atomic E-state index is -0.686. The van der Waals surface area contributed by atoms with Crippen LogP contribution in [-0.4, -0.2) is 19.3 Å². The number of H-pyrrole nitrogens is 1. The van der Waals surface area contributed by atoms with Gasteiger partial charge in [-0.1, -0.05) is 0 Å². The Balaban J connectivity index is 2.43. The number of hydrogen-bond acceptors (Lipinski definition) is 2. The number of benzene rings is 1. The van der Waals surface area contributed by atoms with Crippen LogP contribution in [0.2, 0.25) is 0 Å². The number of imidazole rings is 1. The second-order valence-electron chi connectivity index (χ2n) is 4.58. The van der Waals surface area contributed by atoms with Crippen molar-refractivity contribution in [2.24, 2.45) is 0 Å². The SMILES string of the molecule is CCn1nc(C)c2[nH]c(=S)n(-c3cc(Br)c(F)cc3F)c21. The van der Waals surface area contributed by atoms with Crippen LogP contribution in [-0.2, 0) is 6.54 Å². The molecule has 4 nitrogen and oxygen atoms in total. The molecule has 0 aliphatic heterocycles. The highest BCUT2D eigenvalue weighted by molar-refractivity contribution is 9.10. The summed E-state index contributed by atoms with van der Waals surface area (Å²) in [5.41, 5.74) is 2.37. The van der Waals surface area contributed by atoms with Crippen molar-refractivity contribution < 1.29 is 8.78 Å². The molecule has 0 bridgehead atoms. The molecule has 2 heterocycles. The molecule has 0 aliphatic rings. The van der Waals surface area contributed by atoms with Crippen LogP contribution in [0.5, 0.6) is 0 Å². The van der Waals surface area contributed by atoms with E-state index in [1.165, 1.54) is 10.6 Å². The van der Waals surface area contributed by atoms with Gasteiger partial charge in [-0.15, -0.1) is 0 Å². The zero-order chi connectivity index (χ0) is 15.3. The standard InChI is InChI=1S/C13H11BrF2N4S/c1-3-19-12-11(6(2)18-19)17-13(21)20(12)10-4-7(14)8(15)5-9(10)16/h4-5H,3H2,1-2H3,(H,17,21). The van der Waals surface area contributed by atoms with Gasteiger partial charge >= 0.3 is 0 Å². The molecule has 0 saturated carbocycles. The van der Waals surface area contributed by atoms with Crippen LogP contribution in [0.15, 0.2) is 16.6 Å². The lowest BCUT2D eigenvalue weighted by atomic mass is 10.3. The van der Waals surface area contributed by atoms with Gasteiger partial charge in [0.25, 0.3) is 0 Å². The molecule has 1 N–H and O–H groups in total. The maximum atomic E-state index is 14.2. The Morgan fingerprint density at radius 2 is 2.05 bits per heavy atom. The smallest absolute Gasteiger partial charge is 0.184 e. The molecule has 2 aromatic heterocycles. The van der Waals surface area contributed by atoms with Crippen LogP contribution >= 0.6 is 28.1 Å². The lowest BCUT2D eigenvalue weighted by molar-refractivity contribution is 0.572. The molecule has 0 unspecified atom stereocenters. The Morgan fingerprint density at radius 3 is 2.71 bits per heavy atom. The number of aromatic amines is 1. The molecule has 0 saturated heterocycles. The fourth-order valence-corrected chi connectivity index (χ4v) is 2.95. The first-order valence-electron chi connectivity index (χ1n) is 6.27. The maximum absolute atomic E-state index is 14.2. The first-order chi connectivity index (χ1) is 9.93. The second kappa shape index (κ2) is 5.03. The summed E-state index contributed by atoms with van der Waals surface area (Å²) >= 11 is 8.36. The summed E-state index contributed by atoms with van der Waals surface area (Å²) in [5.74, 6) is -1.34. The number of rotatable bonds is 2. The number of aryl methyl sites for hydroxylation is 2. The van der Waals surface area contributed by atoms with E-state index in [-0.39, 0.29) is 10.2 Å². The van der Waals surface area contributed by atoms with Gasteiger partial charge in [-0.2, -0.15) is 5.10 Å². The van der Waals surface area contributed by atoms with E-state index < -0.39 is 11.6 Å². The number of halogens is 3. The van der Waals surface area contributed by atoms with Crippen molar-refractivity contribution >= 4 is 39.3 Å². The predicted molar refractivity (Wildman–Crippen MR) is 82.3 cm³/mol. The summed E-state index contributed by atoms with van der Waals surface area (Å²) in [7, 11) is 0. The Bertz CT molecular complexity index is 909. The quantitative estimate of drug-likeness (QED) is 0.539. The number of aromatic nitrogens is 4. The van der Waals surface area contributed by atoms with E-state index in [0.717, 1.165) is 17.3 Å². The van der Waals surface area contributed by atoms with E-state index in [1.54, 1.807) is 4.68 Å². The number of fused-ring (bicyclic) bond motifs is 1. The van der Waals surface area contributed by atoms with E-state index in [9.17, 15) is 8.78 Å². The third-order valence-electron chi connectivity index (χ3n) is 3.28. The van der Waals surface area contributed by atoms with E-state index in [0.29, 0.717) is 17.0 Å². The first-order valence-corrected chi connectivity index (χ1v) is 7.47. The van der Waals surface area contributed by atoms with E-state index in [4.69, 9.17) is 12.2 Å². The topological polar surface area (TPSA) is 38.5 Å². The largest absolute Gasteiger partial charge is 0.327 e. The first kappa shape index (κ1) is 14.4. The third-order valence-corrected chi connectivity index (χ3v) is 4.17. The second-order valence-corrected chi connectivity index (χ2v) is 5.82. The average Bonchev–Trinajstić information content (AvgIpc) is 2.91. The molecule has 0 aliphatic carbocycles. The normalized spacial score (nSPS) is 11.5. The van der Waals surface area contributed by atoms with Crippen LogP contribution in [0.25, 0.3) is 16.9 Å².